The lowest BCUT2D eigenvalue weighted by atomic mass is 10.1. The highest BCUT2D eigenvalue weighted by Gasteiger charge is 2.17. The number of aliphatic hydroxyl groups excluding tert-OH is 2. The zero-order valence-electron chi connectivity index (χ0n) is 7.12. The normalized spacial score (nSPS) is 15.2. The summed E-state index contributed by atoms with van der Waals surface area (Å²) < 4.78 is 0.746. The monoisotopic (exact) mass is 298 g/mol. The average Bonchev–Trinajstić information content (AvgIpc) is 2.20. The largest absolute Gasteiger partial charge is 0.389 e. The number of benzene rings is 1. The Balaban J connectivity index is 2.91. The first-order valence-corrected chi connectivity index (χ1v) is 5.64. The van der Waals surface area contributed by atoms with Crippen LogP contribution in [0.15, 0.2) is 22.7 Å². The maximum absolute atomic E-state index is 9.60. The Kier molecular flexibility index (Phi) is 4.67. The third kappa shape index (κ3) is 2.84. The molecule has 0 radical (unpaired) electrons. The number of hydrogen-bond donors (Lipinski definition) is 2. The van der Waals surface area contributed by atoms with E-state index in [9.17, 15) is 10.2 Å². The summed E-state index contributed by atoms with van der Waals surface area (Å²) in [4.78, 5) is 0. The maximum Gasteiger partial charge on any atom is 0.106 e. The Morgan fingerprint density at radius 2 is 2.00 bits per heavy atom. The van der Waals surface area contributed by atoms with Crippen LogP contribution in [-0.4, -0.2) is 22.2 Å². The van der Waals surface area contributed by atoms with Crippen LogP contribution in [0.25, 0.3) is 0 Å². The summed E-state index contributed by atoms with van der Waals surface area (Å²) in [6.07, 6.45) is -1.98. The molecule has 0 aromatic heterocycles. The molecule has 78 valence electrons. The fourth-order valence-electron chi connectivity index (χ4n) is 1.00. The lowest BCUT2D eigenvalue weighted by Gasteiger charge is -2.16. The van der Waals surface area contributed by atoms with Gasteiger partial charge in [0.25, 0.3) is 0 Å². The van der Waals surface area contributed by atoms with E-state index < -0.39 is 12.2 Å². The molecular weight excluding hydrogens is 291 g/mol. The molecule has 2 unspecified atom stereocenters. The minimum atomic E-state index is -1.00. The van der Waals surface area contributed by atoms with E-state index in [-0.39, 0.29) is 5.88 Å². The minimum Gasteiger partial charge on any atom is -0.389 e. The van der Waals surface area contributed by atoms with Gasteiger partial charge in [0.15, 0.2) is 0 Å². The number of rotatable bonds is 3. The van der Waals surface area contributed by atoms with Gasteiger partial charge in [-0.05, 0) is 33.6 Å². The van der Waals surface area contributed by atoms with Crippen molar-refractivity contribution >= 4 is 39.1 Å². The van der Waals surface area contributed by atoms with E-state index in [2.05, 4.69) is 15.9 Å². The molecule has 0 amide bonds. The standard InChI is InChI=1S/C9H9BrCl2O2/c10-6-2-1-5(3-7(6)12)9(14)8(13)4-11/h1-3,8-9,13-14H,4H2. The summed E-state index contributed by atoms with van der Waals surface area (Å²) in [5, 5.41) is 19.4. The van der Waals surface area contributed by atoms with Crippen LogP contribution in [0, 0.1) is 0 Å². The molecule has 0 spiro atoms. The van der Waals surface area contributed by atoms with Gasteiger partial charge in [-0.3, -0.25) is 0 Å². The van der Waals surface area contributed by atoms with Crippen LogP contribution in [0.3, 0.4) is 0 Å². The van der Waals surface area contributed by atoms with E-state index in [1.165, 1.54) is 0 Å². The van der Waals surface area contributed by atoms with E-state index >= 15 is 0 Å². The maximum atomic E-state index is 9.60. The van der Waals surface area contributed by atoms with Crippen LogP contribution in [0.1, 0.15) is 11.7 Å². The van der Waals surface area contributed by atoms with Crippen molar-refractivity contribution in [3.05, 3.63) is 33.3 Å². The lowest BCUT2D eigenvalue weighted by molar-refractivity contribution is 0.0327. The van der Waals surface area contributed by atoms with Gasteiger partial charge < -0.3 is 10.2 Å². The second-order valence-electron chi connectivity index (χ2n) is 2.84. The zero-order valence-corrected chi connectivity index (χ0v) is 10.2. The van der Waals surface area contributed by atoms with Crippen molar-refractivity contribution in [1.82, 2.24) is 0 Å². The fraction of sp³-hybridized carbons (Fsp3) is 0.333. The van der Waals surface area contributed by atoms with E-state index in [1.807, 2.05) is 0 Å². The highest BCUT2D eigenvalue weighted by molar-refractivity contribution is 9.10. The molecule has 0 heterocycles. The van der Waals surface area contributed by atoms with Crippen molar-refractivity contribution in [2.75, 3.05) is 5.88 Å². The molecule has 1 rings (SSSR count). The number of hydrogen-bond acceptors (Lipinski definition) is 2. The topological polar surface area (TPSA) is 40.5 Å². The van der Waals surface area contributed by atoms with Crippen LogP contribution in [-0.2, 0) is 0 Å². The van der Waals surface area contributed by atoms with Gasteiger partial charge in [-0.1, -0.05) is 17.7 Å². The van der Waals surface area contributed by atoms with Crippen molar-refractivity contribution in [3.8, 4) is 0 Å². The number of alkyl halides is 1. The van der Waals surface area contributed by atoms with Crippen LogP contribution in [0.5, 0.6) is 0 Å². The molecule has 0 aliphatic rings. The number of halogens is 3. The molecule has 1 aromatic rings. The smallest absolute Gasteiger partial charge is 0.106 e. The van der Waals surface area contributed by atoms with Crippen molar-refractivity contribution in [3.63, 3.8) is 0 Å². The van der Waals surface area contributed by atoms with Gasteiger partial charge in [0.1, 0.15) is 6.10 Å². The third-order valence-corrected chi connectivity index (χ3v) is 3.36. The summed E-state index contributed by atoms with van der Waals surface area (Å²) in [5.41, 5.74) is 0.548. The van der Waals surface area contributed by atoms with Gasteiger partial charge in [-0.25, -0.2) is 0 Å². The molecule has 0 aliphatic heterocycles. The molecule has 0 saturated carbocycles. The van der Waals surface area contributed by atoms with Crippen molar-refractivity contribution in [2.45, 2.75) is 12.2 Å². The Labute approximate surface area is 101 Å². The Bertz CT molecular complexity index is 320. The van der Waals surface area contributed by atoms with Crippen molar-refractivity contribution < 1.29 is 10.2 Å². The molecule has 0 bridgehead atoms. The van der Waals surface area contributed by atoms with Gasteiger partial charge in [-0.2, -0.15) is 0 Å². The summed E-state index contributed by atoms with van der Waals surface area (Å²) in [6.45, 7) is 0. The van der Waals surface area contributed by atoms with Gasteiger partial charge >= 0.3 is 0 Å². The molecular formula is C9H9BrCl2O2. The summed E-state index contributed by atoms with van der Waals surface area (Å²) in [6, 6.07) is 4.98. The second kappa shape index (κ2) is 5.33. The first-order chi connectivity index (χ1) is 6.56. The highest BCUT2D eigenvalue weighted by atomic mass is 79.9. The Morgan fingerprint density at radius 1 is 1.36 bits per heavy atom. The van der Waals surface area contributed by atoms with E-state index in [0.29, 0.717) is 10.6 Å². The van der Waals surface area contributed by atoms with Gasteiger partial charge in [-0.15, -0.1) is 11.6 Å². The molecule has 0 aliphatic carbocycles. The van der Waals surface area contributed by atoms with Crippen LogP contribution in [0.2, 0.25) is 5.02 Å². The van der Waals surface area contributed by atoms with E-state index in [4.69, 9.17) is 23.2 Å². The highest BCUT2D eigenvalue weighted by Crippen LogP contribution is 2.27. The van der Waals surface area contributed by atoms with Crippen molar-refractivity contribution in [2.24, 2.45) is 0 Å². The SMILES string of the molecule is OC(CCl)C(O)c1ccc(Br)c(Cl)c1. The number of aliphatic hydroxyl groups is 2. The Morgan fingerprint density at radius 3 is 2.50 bits per heavy atom. The van der Waals surface area contributed by atoms with E-state index in [1.54, 1.807) is 18.2 Å². The van der Waals surface area contributed by atoms with Crippen LogP contribution >= 0.6 is 39.1 Å². The second-order valence-corrected chi connectivity index (χ2v) is 4.41. The molecule has 14 heavy (non-hydrogen) atoms. The van der Waals surface area contributed by atoms with Gasteiger partial charge in [0.2, 0.25) is 0 Å². The van der Waals surface area contributed by atoms with E-state index in [0.717, 1.165) is 4.47 Å². The van der Waals surface area contributed by atoms with Gasteiger partial charge in [0.05, 0.1) is 17.0 Å². The minimum absolute atomic E-state index is 0.0190. The Hall–Kier alpha value is 0.200. The molecule has 5 heteroatoms. The van der Waals surface area contributed by atoms with Crippen LogP contribution in [0.4, 0.5) is 0 Å². The molecule has 0 fully saturated rings. The molecule has 2 atom stereocenters. The molecule has 1 aromatic carbocycles. The first kappa shape index (κ1) is 12.3. The van der Waals surface area contributed by atoms with Gasteiger partial charge in [0, 0.05) is 4.47 Å². The predicted molar refractivity (Wildman–Crippen MR) is 60.8 cm³/mol. The summed E-state index contributed by atoms with van der Waals surface area (Å²) in [5.74, 6) is -0.0190. The molecule has 2 nitrogen and oxygen atoms in total. The third-order valence-electron chi connectivity index (χ3n) is 1.81. The predicted octanol–water partition coefficient (Wildman–Crippen LogP) is 2.74. The summed E-state index contributed by atoms with van der Waals surface area (Å²) >= 11 is 14.5. The van der Waals surface area contributed by atoms with Crippen molar-refractivity contribution in [1.29, 1.82) is 0 Å². The first-order valence-electron chi connectivity index (χ1n) is 3.93. The molecule has 2 N–H and O–H groups in total. The average molecular weight is 300 g/mol. The fourth-order valence-corrected chi connectivity index (χ4v) is 1.61. The lowest BCUT2D eigenvalue weighted by Crippen LogP contribution is -2.19. The zero-order chi connectivity index (χ0) is 10.7. The van der Waals surface area contributed by atoms with Crippen LogP contribution < -0.4 is 0 Å². The quantitative estimate of drug-likeness (QED) is 0.843. The molecule has 0 saturated heterocycles. The summed E-state index contributed by atoms with van der Waals surface area (Å²) in [7, 11) is 0.